The van der Waals surface area contributed by atoms with Gasteiger partial charge in [0.15, 0.2) is 0 Å². The molecule has 0 aromatic heterocycles. The lowest BCUT2D eigenvalue weighted by Gasteiger charge is -2.37. The monoisotopic (exact) mass is 377 g/mol. The molecule has 3 nitrogen and oxygen atoms in total. The molecule has 0 saturated carbocycles. The van der Waals surface area contributed by atoms with Crippen molar-refractivity contribution in [1.29, 1.82) is 0 Å². The Morgan fingerprint density at radius 2 is 1.80 bits per heavy atom. The zero-order valence-electron chi connectivity index (χ0n) is 16.4. The molecule has 0 aliphatic carbocycles. The van der Waals surface area contributed by atoms with Gasteiger partial charge in [-0.2, -0.15) is 0 Å². The quantitative estimate of drug-likeness (QED) is 0.363. The Morgan fingerprint density at radius 1 is 1.20 bits per heavy atom. The van der Waals surface area contributed by atoms with Crippen molar-refractivity contribution >= 4 is 26.0 Å². The maximum absolute atomic E-state index is 12.8. The van der Waals surface area contributed by atoms with Crippen molar-refractivity contribution in [2.45, 2.75) is 63.6 Å². The van der Waals surface area contributed by atoms with Crippen molar-refractivity contribution in [2.75, 3.05) is 13.1 Å². The Kier molecular flexibility index (Phi) is 6.44. The fourth-order valence-corrected chi connectivity index (χ4v) is 4.94. The molecule has 1 aliphatic rings. The highest BCUT2D eigenvalue weighted by atomic mass is 32.2. The number of amides is 1. The summed E-state index contributed by atoms with van der Waals surface area (Å²) in [7, 11) is -1.90. The van der Waals surface area contributed by atoms with Crippen LogP contribution in [0.5, 0.6) is 0 Å². The average molecular weight is 378 g/mol. The van der Waals surface area contributed by atoms with E-state index in [0.29, 0.717) is 0 Å². The second-order valence-electron chi connectivity index (χ2n) is 8.07. The van der Waals surface area contributed by atoms with Gasteiger partial charge in [0.25, 0.3) is 14.2 Å². The van der Waals surface area contributed by atoms with Gasteiger partial charge in [-0.1, -0.05) is 44.7 Å². The number of thioether (sulfide) groups is 1. The maximum Gasteiger partial charge on any atom is 0.255 e. The number of carbonyl (C=O) groups is 1. The molecule has 138 valence electrons. The van der Waals surface area contributed by atoms with Crippen LogP contribution in [0, 0.1) is 0 Å². The Balaban J connectivity index is 2.20. The number of benzene rings is 1. The van der Waals surface area contributed by atoms with E-state index in [9.17, 15) is 4.79 Å². The van der Waals surface area contributed by atoms with Gasteiger partial charge in [0.05, 0.1) is 5.56 Å². The smallest absolute Gasteiger partial charge is 0.255 e. The van der Waals surface area contributed by atoms with Crippen LogP contribution in [-0.2, 0) is 4.43 Å². The molecule has 1 aromatic rings. The van der Waals surface area contributed by atoms with Crippen molar-refractivity contribution in [3.63, 3.8) is 0 Å². The summed E-state index contributed by atoms with van der Waals surface area (Å²) in [6, 6.07) is 7.88. The normalized spacial score (nSPS) is 16.2. The predicted octanol–water partition coefficient (Wildman–Crippen LogP) is 5.90. The second-order valence-corrected chi connectivity index (χ2v) is 13.8. The molecule has 1 aliphatic heterocycles. The van der Waals surface area contributed by atoms with E-state index in [-0.39, 0.29) is 10.9 Å². The van der Waals surface area contributed by atoms with Crippen molar-refractivity contribution < 1.29 is 9.22 Å². The van der Waals surface area contributed by atoms with Crippen LogP contribution >= 0.6 is 11.8 Å². The first-order valence-corrected chi connectivity index (χ1v) is 12.8. The standard InChI is InChI=1S/C20H31NO2SSi/c1-7-18(23-25(5,6)20(2,3)4)24-17-13-9-8-12-16(17)19(22)21-14-10-11-15-21/h7-9,12-13H,10-11,14-15H2,1-6H3/b18-7+. The largest absolute Gasteiger partial charge is 0.539 e. The summed E-state index contributed by atoms with van der Waals surface area (Å²) in [6.45, 7) is 15.0. The van der Waals surface area contributed by atoms with Gasteiger partial charge in [0.2, 0.25) is 0 Å². The summed E-state index contributed by atoms with van der Waals surface area (Å²) in [5.74, 6) is 0.142. The lowest BCUT2D eigenvalue weighted by atomic mass is 10.2. The summed E-state index contributed by atoms with van der Waals surface area (Å²) >= 11 is 1.57. The molecule has 1 fully saturated rings. The van der Waals surface area contributed by atoms with Crippen LogP contribution in [0.1, 0.15) is 50.9 Å². The van der Waals surface area contributed by atoms with E-state index in [1.165, 1.54) is 0 Å². The molecule has 1 saturated heterocycles. The molecule has 2 rings (SSSR count). The van der Waals surface area contributed by atoms with E-state index < -0.39 is 8.32 Å². The molecule has 25 heavy (non-hydrogen) atoms. The van der Waals surface area contributed by atoms with Gasteiger partial charge in [-0.05, 0) is 56.1 Å². The fourth-order valence-electron chi connectivity index (χ4n) is 2.47. The SMILES string of the molecule is C/C=C(\O[Si](C)(C)C(C)(C)C)Sc1ccccc1C(=O)N1CCCC1. The van der Waals surface area contributed by atoms with Gasteiger partial charge in [0, 0.05) is 18.0 Å². The Labute approximate surface area is 158 Å². The van der Waals surface area contributed by atoms with E-state index in [4.69, 9.17) is 4.43 Å². The number of likely N-dealkylation sites (tertiary alicyclic amines) is 1. The number of hydrogen-bond donors (Lipinski definition) is 0. The van der Waals surface area contributed by atoms with Gasteiger partial charge in [-0.15, -0.1) is 0 Å². The zero-order valence-corrected chi connectivity index (χ0v) is 18.2. The molecular weight excluding hydrogens is 346 g/mol. The van der Waals surface area contributed by atoms with Crippen LogP contribution in [0.3, 0.4) is 0 Å². The van der Waals surface area contributed by atoms with E-state index >= 15 is 0 Å². The lowest BCUT2D eigenvalue weighted by Crippen LogP contribution is -2.40. The minimum atomic E-state index is -1.90. The molecule has 0 spiro atoms. The van der Waals surface area contributed by atoms with Crippen LogP contribution in [0.4, 0.5) is 0 Å². The number of carbonyl (C=O) groups excluding carboxylic acids is 1. The first-order valence-electron chi connectivity index (χ1n) is 9.07. The maximum atomic E-state index is 12.8. The van der Waals surface area contributed by atoms with Crippen LogP contribution in [0.25, 0.3) is 0 Å². The second kappa shape index (κ2) is 8.00. The summed E-state index contributed by atoms with van der Waals surface area (Å²) in [5.41, 5.74) is 0.785. The Bertz CT molecular complexity index is 643. The molecular formula is C20H31NO2SSi. The van der Waals surface area contributed by atoms with E-state index in [0.717, 1.165) is 41.5 Å². The highest BCUT2D eigenvalue weighted by molar-refractivity contribution is 8.03. The summed E-state index contributed by atoms with van der Waals surface area (Å²) in [6.07, 6.45) is 4.23. The Hall–Kier alpha value is -1.20. The van der Waals surface area contributed by atoms with Crippen molar-refractivity contribution in [1.82, 2.24) is 4.90 Å². The van der Waals surface area contributed by atoms with Crippen molar-refractivity contribution in [3.8, 4) is 0 Å². The van der Waals surface area contributed by atoms with Gasteiger partial charge in [-0.25, -0.2) is 0 Å². The predicted molar refractivity (Wildman–Crippen MR) is 109 cm³/mol. The topological polar surface area (TPSA) is 29.5 Å². The summed E-state index contributed by atoms with van der Waals surface area (Å²) in [4.78, 5) is 15.8. The van der Waals surface area contributed by atoms with Gasteiger partial charge in [0.1, 0.15) is 5.09 Å². The molecule has 0 radical (unpaired) electrons. The van der Waals surface area contributed by atoms with Crippen molar-refractivity contribution in [2.24, 2.45) is 0 Å². The highest BCUT2D eigenvalue weighted by Gasteiger charge is 2.39. The minimum absolute atomic E-state index is 0.142. The fraction of sp³-hybridized carbons (Fsp3) is 0.550. The van der Waals surface area contributed by atoms with E-state index in [1.807, 2.05) is 42.2 Å². The lowest BCUT2D eigenvalue weighted by molar-refractivity contribution is 0.0789. The summed E-state index contributed by atoms with van der Waals surface area (Å²) in [5, 5.41) is 1.04. The molecule has 0 bridgehead atoms. The number of nitrogens with zero attached hydrogens (tertiary/aromatic N) is 1. The van der Waals surface area contributed by atoms with Crippen LogP contribution in [0.2, 0.25) is 18.1 Å². The molecule has 0 unspecified atom stereocenters. The first kappa shape index (κ1) is 20.1. The third-order valence-corrected chi connectivity index (χ3v) is 10.7. The van der Waals surface area contributed by atoms with Crippen LogP contribution in [0.15, 0.2) is 40.3 Å². The highest BCUT2D eigenvalue weighted by Crippen LogP contribution is 2.41. The van der Waals surface area contributed by atoms with Gasteiger partial charge in [-0.3, -0.25) is 4.79 Å². The first-order chi connectivity index (χ1) is 11.7. The Morgan fingerprint density at radius 3 is 2.36 bits per heavy atom. The number of hydrogen-bond acceptors (Lipinski definition) is 3. The van der Waals surface area contributed by atoms with Gasteiger partial charge < -0.3 is 9.33 Å². The molecule has 0 N–H and O–H groups in total. The zero-order chi connectivity index (χ0) is 18.7. The molecule has 1 amide bonds. The van der Waals surface area contributed by atoms with Crippen molar-refractivity contribution in [3.05, 3.63) is 41.0 Å². The molecule has 1 heterocycles. The van der Waals surface area contributed by atoms with E-state index in [2.05, 4.69) is 33.9 Å². The van der Waals surface area contributed by atoms with E-state index in [1.54, 1.807) is 11.8 Å². The number of allylic oxidation sites excluding steroid dienone is 1. The van der Waals surface area contributed by atoms with Gasteiger partial charge >= 0.3 is 0 Å². The molecule has 5 heteroatoms. The van der Waals surface area contributed by atoms with Crippen LogP contribution < -0.4 is 0 Å². The summed E-state index contributed by atoms with van der Waals surface area (Å²) < 4.78 is 6.45. The third kappa shape index (κ3) is 4.91. The molecule has 1 aromatic carbocycles. The number of rotatable bonds is 5. The third-order valence-electron chi connectivity index (χ3n) is 5.12. The molecule has 0 atom stereocenters. The average Bonchev–Trinajstić information content (AvgIpc) is 3.07. The van der Waals surface area contributed by atoms with Crippen LogP contribution in [-0.4, -0.2) is 32.2 Å². The minimum Gasteiger partial charge on any atom is -0.539 e.